The molecule has 0 fully saturated rings. The summed E-state index contributed by atoms with van der Waals surface area (Å²) in [5, 5.41) is 0. The molecular weight excluding hydrogens is 240 g/mol. The van der Waals surface area contributed by atoms with Gasteiger partial charge in [0.25, 0.3) is 0 Å². The van der Waals surface area contributed by atoms with E-state index in [2.05, 4.69) is 68.5 Å². The van der Waals surface area contributed by atoms with E-state index in [1.807, 2.05) is 0 Å². The van der Waals surface area contributed by atoms with E-state index in [9.17, 15) is 0 Å². The van der Waals surface area contributed by atoms with Crippen molar-refractivity contribution in [2.75, 3.05) is 14.1 Å². The molecule has 1 nitrogen and oxygen atoms in total. The van der Waals surface area contributed by atoms with Gasteiger partial charge >= 0.3 is 98.8 Å². The van der Waals surface area contributed by atoms with Crippen LogP contribution in [0.25, 0.3) is 0 Å². The van der Waals surface area contributed by atoms with Crippen LogP contribution in [0.4, 0.5) is 0 Å². The van der Waals surface area contributed by atoms with Gasteiger partial charge < -0.3 is 0 Å². The summed E-state index contributed by atoms with van der Waals surface area (Å²) in [5.74, 6) is 0. The summed E-state index contributed by atoms with van der Waals surface area (Å²) >= 11 is -1.23. The minimum atomic E-state index is -1.23. The molecule has 0 radical (unpaired) electrons. The Balaban J connectivity index is 2.57. The van der Waals surface area contributed by atoms with E-state index in [4.69, 9.17) is 0 Å². The summed E-state index contributed by atoms with van der Waals surface area (Å²) in [6.45, 7) is 2.33. The Bertz CT molecular complexity index is 293. The molecule has 0 amide bonds. The van der Waals surface area contributed by atoms with Crippen molar-refractivity contribution in [2.24, 2.45) is 0 Å². The zero-order valence-electron chi connectivity index (χ0n) is 9.98. The Kier molecular flexibility index (Phi) is 5.65. The van der Waals surface area contributed by atoms with Crippen molar-refractivity contribution in [3.8, 4) is 0 Å². The summed E-state index contributed by atoms with van der Waals surface area (Å²) in [5.41, 5.74) is 0. The van der Waals surface area contributed by atoms with Crippen LogP contribution < -0.4 is 4.12 Å². The standard InChI is InChI=1S/C6H5.C5H10N.C2H5.Ga/c1-2-4-6-5-3-1;1-4-5-6(2)3;1-2;/h1-5H;4-5H,1H2,2-3H3;1H2,2H3;. The molecule has 0 unspecified atom stereocenters. The van der Waals surface area contributed by atoms with Crippen molar-refractivity contribution in [1.29, 1.82) is 0 Å². The molecule has 0 heterocycles. The van der Waals surface area contributed by atoms with Gasteiger partial charge in [0.05, 0.1) is 0 Å². The predicted molar refractivity (Wildman–Crippen MR) is 69.9 cm³/mol. The Morgan fingerprint density at radius 1 is 1.20 bits per heavy atom. The molecule has 0 saturated carbocycles. The first kappa shape index (κ1) is 12.5. The summed E-state index contributed by atoms with van der Waals surface area (Å²) in [6, 6.07) is 11.0. The first-order valence-corrected chi connectivity index (χ1v) is 10.3. The third-order valence-electron chi connectivity index (χ3n) is 2.59. The second-order valence-corrected chi connectivity index (χ2v) is 11.1. The number of benzene rings is 1. The fourth-order valence-electron chi connectivity index (χ4n) is 1.70. The zero-order chi connectivity index (χ0) is 11.1. The van der Waals surface area contributed by atoms with E-state index in [0.717, 1.165) is 0 Å². The van der Waals surface area contributed by atoms with Gasteiger partial charge in [-0.05, 0) is 0 Å². The predicted octanol–water partition coefficient (Wildman–Crippen LogP) is 2.48. The first-order valence-electron chi connectivity index (χ1n) is 5.62. The van der Waals surface area contributed by atoms with Gasteiger partial charge in [-0.15, -0.1) is 0 Å². The summed E-state index contributed by atoms with van der Waals surface area (Å²) in [4.78, 5) is 4.81. The molecule has 80 valence electrons. The van der Waals surface area contributed by atoms with Crippen molar-refractivity contribution in [3.05, 3.63) is 42.6 Å². The minimum absolute atomic E-state index is 1.23. The van der Waals surface area contributed by atoms with Crippen molar-refractivity contribution in [1.82, 2.24) is 4.90 Å². The monoisotopic (exact) mass is 259 g/mol. The molecular formula is C13H20GaN. The van der Waals surface area contributed by atoms with Crippen LogP contribution in [0.2, 0.25) is 9.95 Å². The van der Waals surface area contributed by atoms with E-state index in [0.29, 0.717) is 0 Å². The van der Waals surface area contributed by atoms with Crippen LogP contribution in [-0.4, -0.2) is 35.2 Å². The van der Waals surface area contributed by atoms with Crippen molar-refractivity contribution < 1.29 is 0 Å². The summed E-state index contributed by atoms with van der Waals surface area (Å²) in [7, 11) is 4.15. The van der Waals surface area contributed by atoms with Gasteiger partial charge in [-0.2, -0.15) is 0 Å². The third kappa shape index (κ3) is 4.62. The Hall–Kier alpha value is -0.604. The molecule has 0 aliphatic rings. The van der Waals surface area contributed by atoms with Crippen molar-refractivity contribution in [2.45, 2.75) is 16.9 Å². The molecule has 0 atom stereocenters. The molecule has 0 bridgehead atoms. The molecule has 0 spiro atoms. The van der Waals surface area contributed by atoms with Crippen molar-refractivity contribution in [3.63, 3.8) is 0 Å². The van der Waals surface area contributed by atoms with Gasteiger partial charge in [-0.3, -0.25) is 0 Å². The summed E-state index contributed by atoms with van der Waals surface area (Å²) < 4.78 is 1.64. The molecule has 0 aliphatic carbocycles. The van der Waals surface area contributed by atoms with Gasteiger partial charge in [0.1, 0.15) is 0 Å². The van der Waals surface area contributed by atoms with Crippen molar-refractivity contribution >= 4 is 20.3 Å². The second kappa shape index (κ2) is 6.80. The second-order valence-electron chi connectivity index (χ2n) is 4.10. The first-order chi connectivity index (χ1) is 7.24. The molecule has 1 rings (SSSR count). The average molecular weight is 260 g/mol. The molecule has 0 N–H and O–H groups in total. The van der Waals surface area contributed by atoms with Gasteiger partial charge in [0, 0.05) is 0 Å². The summed E-state index contributed by atoms with van der Waals surface area (Å²) in [6.07, 6.45) is 4.51. The van der Waals surface area contributed by atoms with Crippen LogP contribution >= 0.6 is 0 Å². The molecule has 0 saturated heterocycles. The Labute approximate surface area is 98.8 Å². The van der Waals surface area contributed by atoms with E-state index in [-0.39, 0.29) is 0 Å². The molecule has 0 aliphatic heterocycles. The van der Waals surface area contributed by atoms with Gasteiger partial charge in [0.2, 0.25) is 0 Å². The number of hydrogen-bond donors (Lipinski definition) is 0. The van der Waals surface area contributed by atoms with Crippen LogP contribution in [-0.2, 0) is 0 Å². The topological polar surface area (TPSA) is 3.24 Å². The number of nitrogens with zero attached hydrogens (tertiary/aromatic N) is 1. The fourth-order valence-corrected chi connectivity index (χ4v) is 6.51. The van der Waals surface area contributed by atoms with Crippen LogP contribution in [0.15, 0.2) is 42.6 Å². The zero-order valence-corrected chi connectivity index (χ0v) is 12.4. The number of allylic oxidation sites excluding steroid dienone is 1. The van der Waals surface area contributed by atoms with Crippen LogP contribution in [0.5, 0.6) is 0 Å². The molecule has 0 aromatic heterocycles. The van der Waals surface area contributed by atoms with E-state index in [1.54, 1.807) is 4.12 Å². The maximum atomic E-state index is 2.33. The van der Waals surface area contributed by atoms with Crippen LogP contribution in [0.1, 0.15) is 6.92 Å². The molecule has 1 aromatic carbocycles. The van der Waals surface area contributed by atoms with E-state index < -0.39 is 16.2 Å². The SMILES string of the molecule is C[CH2][Ga]([CH2]C=CN(C)C)[c]1ccccc1. The molecule has 2 heteroatoms. The maximum absolute atomic E-state index is 2.33. The number of hydrogen-bond acceptors (Lipinski definition) is 1. The Morgan fingerprint density at radius 3 is 2.40 bits per heavy atom. The Morgan fingerprint density at radius 2 is 1.87 bits per heavy atom. The van der Waals surface area contributed by atoms with Crippen LogP contribution in [0.3, 0.4) is 0 Å². The average Bonchev–Trinajstić information content (AvgIpc) is 2.25. The number of rotatable bonds is 5. The van der Waals surface area contributed by atoms with E-state index >= 15 is 0 Å². The quantitative estimate of drug-likeness (QED) is 0.735. The van der Waals surface area contributed by atoms with Gasteiger partial charge in [-0.25, -0.2) is 0 Å². The van der Waals surface area contributed by atoms with Crippen LogP contribution in [0, 0.1) is 0 Å². The normalized spacial score (nSPS) is 10.6. The van der Waals surface area contributed by atoms with Gasteiger partial charge in [0.15, 0.2) is 0 Å². The van der Waals surface area contributed by atoms with E-state index in [1.165, 1.54) is 9.95 Å². The van der Waals surface area contributed by atoms with Gasteiger partial charge in [-0.1, -0.05) is 0 Å². The molecule has 15 heavy (non-hydrogen) atoms. The molecule has 1 aromatic rings. The fraction of sp³-hybridized carbons (Fsp3) is 0.385. The third-order valence-corrected chi connectivity index (χ3v) is 9.21.